The molecule has 20 heavy (non-hydrogen) atoms. The fraction of sp³-hybridized carbons (Fsp3) is 0.944. The average molecular weight is 282 g/mol. The Kier molecular flexibility index (Phi) is 10.7. The quantitative estimate of drug-likeness (QED) is 0.646. The highest BCUT2D eigenvalue weighted by atomic mass is 16.4. The van der Waals surface area contributed by atoms with Gasteiger partial charge in [0.25, 0.3) is 0 Å². The van der Waals surface area contributed by atoms with Gasteiger partial charge in [0.05, 0.1) is 5.92 Å². The van der Waals surface area contributed by atoms with Crippen LogP contribution in [0.2, 0.25) is 0 Å². The smallest absolute Gasteiger partial charge is 0.306 e. The van der Waals surface area contributed by atoms with Crippen molar-refractivity contribution in [2.45, 2.75) is 103 Å². The summed E-state index contributed by atoms with van der Waals surface area (Å²) in [5.41, 5.74) is 0. The van der Waals surface area contributed by atoms with Gasteiger partial charge in [-0.15, -0.1) is 0 Å². The van der Waals surface area contributed by atoms with Crippen LogP contribution in [0.5, 0.6) is 0 Å². The van der Waals surface area contributed by atoms with Gasteiger partial charge < -0.3 is 5.11 Å². The van der Waals surface area contributed by atoms with Gasteiger partial charge in [0.1, 0.15) is 0 Å². The van der Waals surface area contributed by atoms with Crippen molar-refractivity contribution in [1.29, 1.82) is 0 Å². The first-order valence-electron chi connectivity index (χ1n) is 9.03. The SMILES string of the molecule is O=C(O)C1CCCCCCCCCCCCCCCC1. The standard InChI is InChI=1S/C18H34O2/c19-18(20)17-15-13-11-9-7-5-3-1-2-4-6-8-10-12-14-16-17/h17H,1-16H2,(H,19,20). The van der Waals surface area contributed by atoms with E-state index in [0.717, 1.165) is 25.7 Å². The Balaban J connectivity index is 2.25. The molecule has 0 heterocycles. The number of hydrogen-bond acceptors (Lipinski definition) is 1. The van der Waals surface area contributed by atoms with Crippen molar-refractivity contribution < 1.29 is 9.90 Å². The molecule has 0 aromatic heterocycles. The van der Waals surface area contributed by atoms with Crippen molar-refractivity contribution in [2.75, 3.05) is 0 Å². The second-order valence-electron chi connectivity index (χ2n) is 6.56. The van der Waals surface area contributed by atoms with Crippen molar-refractivity contribution in [1.82, 2.24) is 0 Å². The molecule has 0 aromatic carbocycles. The van der Waals surface area contributed by atoms with Crippen molar-refractivity contribution in [3.05, 3.63) is 0 Å². The minimum Gasteiger partial charge on any atom is -0.481 e. The summed E-state index contributed by atoms with van der Waals surface area (Å²) in [5, 5.41) is 9.26. The Hall–Kier alpha value is -0.530. The third-order valence-corrected chi connectivity index (χ3v) is 4.70. The normalized spacial score (nSPS) is 23.0. The third-order valence-electron chi connectivity index (χ3n) is 4.70. The van der Waals surface area contributed by atoms with E-state index in [1.165, 1.54) is 77.0 Å². The monoisotopic (exact) mass is 282 g/mol. The van der Waals surface area contributed by atoms with Gasteiger partial charge in [-0.3, -0.25) is 4.79 Å². The van der Waals surface area contributed by atoms with Gasteiger partial charge >= 0.3 is 5.97 Å². The summed E-state index contributed by atoms with van der Waals surface area (Å²) in [6, 6.07) is 0. The maximum absolute atomic E-state index is 11.2. The molecule has 2 nitrogen and oxygen atoms in total. The molecule has 1 saturated carbocycles. The number of rotatable bonds is 1. The lowest BCUT2D eigenvalue weighted by atomic mass is 9.94. The van der Waals surface area contributed by atoms with E-state index in [1.54, 1.807) is 0 Å². The zero-order valence-corrected chi connectivity index (χ0v) is 13.2. The second kappa shape index (κ2) is 12.2. The molecule has 2 heteroatoms. The van der Waals surface area contributed by atoms with Gasteiger partial charge in [0, 0.05) is 0 Å². The molecule has 1 aliphatic carbocycles. The Bertz CT molecular complexity index is 220. The van der Waals surface area contributed by atoms with E-state index in [1.807, 2.05) is 0 Å². The maximum atomic E-state index is 11.2. The zero-order valence-electron chi connectivity index (χ0n) is 13.2. The van der Waals surface area contributed by atoms with Crippen LogP contribution in [0.15, 0.2) is 0 Å². The molecule has 0 saturated heterocycles. The number of carboxylic acids is 1. The van der Waals surface area contributed by atoms with Crippen LogP contribution in [0, 0.1) is 5.92 Å². The largest absolute Gasteiger partial charge is 0.481 e. The maximum Gasteiger partial charge on any atom is 0.306 e. The first-order valence-corrected chi connectivity index (χ1v) is 9.03. The Morgan fingerprint density at radius 3 is 1.05 bits per heavy atom. The summed E-state index contributed by atoms with van der Waals surface area (Å²) < 4.78 is 0. The Morgan fingerprint density at radius 1 is 0.550 bits per heavy atom. The summed E-state index contributed by atoms with van der Waals surface area (Å²) in [6.07, 6.45) is 20.1. The van der Waals surface area contributed by atoms with Crippen molar-refractivity contribution in [3.8, 4) is 0 Å². The molecule has 0 spiro atoms. The summed E-state index contributed by atoms with van der Waals surface area (Å²) in [7, 11) is 0. The van der Waals surface area contributed by atoms with E-state index in [0.29, 0.717) is 0 Å². The minimum absolute atomic E-state index is 0.0781. The van der Waals surface area contributed by atoms with Crippen LogP contribution in [0.1, 0.15) is 103 Å². The molecular weight excluding hydrogens is 248 g/mol. The van der Waals surface area contributed by atoms with Crippen molar-refractivity contribution in [3.63, 3.8) is 0 Å². The summed E-state index contributed by atoms with van der Waals surface area (Å²) >= 11 is 0. The van der Waals surface area contributed by atoms with E-state index in [-0.39, 0.29) is 5.92 Å². The van der Waals surface area contributed by atoms with Gasteiger partial charge in [-0.1, -0.05) is 89.9 Å². The molecule has 0 aliphatic heterocycles. The average Bonchev–Trinajstić information content (AvgIpc) is 2.43. The van der Waals surface area contributed by atoms with Crippen LogP contribution in [-0.4, -0.2) is 11.1 Å². The number of hydrogen-bond donors (Lipinski definition) is 1. The Labute approximate surface area is 125 Å². The lowest BCUT2D eigenvalue weighted by Crippen LogP contribution is -2.13. The van der Waals surface area contributed by atoms with Crippen LogP contribution in [0.3, 0.4) is 0 Å². The van der Waals surface area contributed by atoms with Crippen LogP contribution in [-0.2, 0) is 4.79 Å². The number of carbonyl (C=O) groups is 1. The molecule has 0 unspecified atom stereocenters. The Morgan fingerprint density at radius 2 is 0.800 bits per heavy atom. The van der Waals surface area contributed by atoms with Crippen LogP contribution in [0.4, 0.5) is 0 Å². The van der Waals surface area contributed by atoms with E-state index in [9.17, 15) is 9.90 Å². The van der Waals surface area contributed by atoms with E-state index in [4.69, 9.17) is 0 Å². The highest BCUT2D eigenvalue weighted by Crippen LogP contribution is 2.20. The van der Waals surface area contributed by atoms with E-state index < -0.39 is 5.97 Å². The van der Waals surface area contributed by atoms with Gasteiger partial charge in [-0.2, -0.15) is 0 Å². The first-order chi connectivity index (χ1) is 9.80. The van der Waals surface area contributed by atoms with Gasteiger partial charge in [-0.25, -0.2) is 0 Å². The highest BCUT2D eigenvalue weighted by Gasteiger charge is 2.16. The lowest BCUT2D eigenvalue weighted by Gasteiger charge is -2.12. The molecule has 118 valence electrons. The fourth-order valence-corrected chi connectivity index (χ4v) is 3.29. The summed E-state index contributed by atoms with van der Waals surface area (Å²) in [4.78, 5) is 11.2. The summed E-state index contributed by atoms with van der Waals surface area (Å²) in [6.45, 7) is 0. The van der Waals surface area contributed by atoms with Crippen LogP contribution in [0.25, 0.3) is 0 Å². The summed E-state index contributed by atoms with van der Waals surface area (Å²) in [5.74, 6) is -0.645. The van der Waals surface area contributed by atoms with E-state index in [2.05, 4.69) is 0 Å². The van der Waals surface area contributed by atoms with E-state index >= 15 is 0 Å². The predicted molar refractivity (Wildman–Crippen MR) is 85.0 cm³/mol. The van der Waals surface area contributed by atoms with Crippen molar-refractivity contribution in [2.24, 2.45) is 5.92 Å². The molecule has 1 N–H and O–H groups in total. The molecule has 0 bridgehead atoms. The lowest BCUT2D eigenvalue weighted by molar-refractivity contribution is -0.142. The van der Waals surface area contributed by atoms with Gasteiger partial charge in [-0.05, 0) is 12.8 Å². The van der Waals surface area contributed by atoms with Gasteiger partial charge in [0.2, 0.25) is 0 Å². The number of aliphatic carboxylic acids is 1. The molecule has 0 atom stereocenters. The number of carboxylic acid groups (broad SMARTS) is 1. The predicted octanol–water partition coefficient (Wildman–Crippen LogP) is 5.94. The third kappa shape index (κ3) is 9.39. The highest BCUT2D eigenvalue weighted by molar-refractivity contribution is 5.69. The first kappa shape index (κ1) is 17.5. The minimum atomic E-state index is -0.567. The molecule has 1 aliphatic rings. The van der Waals surface area contributed by atoms with Crippen molar-refractivity contribution >= 4 is 5.97 Å². The molecule has 0 radical (unpaired) electrons. The van der Waals surface area contributed by atoms with Crippen LogP contribution < -0.4 is 0 Å². The molecule has 1 fully saturated rings. The second-order valence-corrected chi connectivity index (χ2v) is 6.56. The molecule has 1 rings (SSSR count). The fourth-order valence-electron chi connectivity index (χ4n) is 3.29. The molecule has 0 amide bonds. The van der Waals surface area contributed by atoms with Gasteiger partial charge in [0.15, 0.2) is 0 Å². The molecule has 0 aromatic rings. The topological polar surface area (TPSA) is 37.3 Å². The molecular formula is C18H34O2. The zero-order chi connectivity index (χ0) is 14.5. The van der Waals surface area contributed by atoms with Crippen LogP contribution >= 0.6 is 0 Å².